The summed E-state index contributed by atoms with van der Waals surface area (Å²) in [7, 11) is -3.07. The van der Waals surface area contributed by atoms with E-state index in [0.717, 1.165) is 31.3 Å². The number of rotatable bonds is 5. The lowest BCUT2D eigenvalue weighted by Gasteiger charge is -2.28. The SMILES string of the molecule is C=C(C)COC1CCC(NS(C)(=O)=O)CC1. The Morgan fingerprint density at radius 2 is 1.94 bits per heavy atom. The highest BCUT2D eigenvalue weighted by Gasteiger charge is 2.23. The molecule has 0 radical (unpaired) electrons. The molecule has 0 spiro atoms. The zero-order valence-corrected chi connectivity index (χ0v) is 10.8. The van der Waals surface area contributed by atoms with E-state index in [4.69, 9.17) is 4.74 Å². The molecule has 4 nitrogen and oxygen atoms in total. The Morgan fingerprint density at radius 1 is 1.38 bits per heavy atom. The summed E-state index contributed by atoms with van der Waals surface area (Å²) in [5, 5.41) is 0. The summed E-state index contributed by atoms with van der Waals surface area (Å²) in [6.45, 7) is 6.33. The smallest absolute Gasteiger partial charge is 0.208 e. The Bertz CT molecular complexity index is 329. The van der Waals surface area contributed by atoms with Gasteiger partial charge < -0.3 is 4.74 Å². The lowest BCUT2D eigenvalue weighted by Crippen LogP contribution is -2.38. The van der Waals surface area contributed by atoms with Crippen molar-refractivity contribution in [1.82, 2.24) is 4.72 Å². The van der Waals surface area contributed by atoms with E-state index >= 15 is 0 Å². The minimum atomic E-state index is -3.07. The molecule has 16 heavy (non-hydrogen) atoms. The minimum absolute atomic E-state index is 0.0830. The van der Waals surface area contributed by atoms with Crippen LogP contribution in [0.25, 0.3) is 0 Å². The predicted molar refractivity (Wildman–Crippen MR) is 64.8 cm³/mol. The van der Waals surface area contributed by atoms with Crippen molar-refractivity contribution in [3.63, 3.8) is 0 Å². The van der Waals surface area contributed by atoms with Crippen molar-refractivity contribution in [2.75, 3.05) is 12.9 Å². The van der Waals surface area contributed by atoms with Gasteiger partial charge in [0, 0.05) is 6.04 Å². The predicted octanol–water partition coefficient (Wildman–Crippen LogP) is 1.44. The highest BCUT2D eigenvalue weighted by molar-refractivity contribution is 7.88. The molecule has 0 amide bonds. The molecule has 1 fully saturated rings. The summed E-state index contributed by atoms with van der Waals surface area (Å²) in [4.78, 5) is 0. The van der Waals surface area contributed by atoms with Gasteiger partial charge in [0.25, 0.3) is 0 Å². The minimum Gasteiger partial charge on any atom is -0.374 e. The van der Waals surface area contributed by atoms with Crippen LogP contribution in [-0.2, 0) is 14.8 Å². The van der Waals surface area contributed by atoms with E-state index < -0.39 is 10.0 Å². The Labute approximate surface area is 98.1 Å². The van der Waals surface area contributed by atoms with Crippen molar-refractivity contribution in [2.24, 2.45) is 0 Å². The van der Waals surface area contributed by atoms with Crippen LogP contribution in [0.1, 0.15) is 32.6 Å². The van der Waals surface area contributed by atoms with Crippen molar-refractivity contribution in [3.8, 4) is 0 Å². The number of nitrogens with one attached hydrogen (secondary N) is 1. The second-order valence-corrected chi connectivity index (χ2v) is 6.41. The molecular formula is C11H21NO3S. The van der Waals surface area contributed by atoms with Crippen LogP contribution in [0.5, 0.6) is 0 Å². The molecule has 0 aliphatic heterocycles. The third-order valence-corrected chi connectivity index (χ3v) is 3.38. The molecule has 94 valence electrons. The first-order chi connectivity index (χ1) is 7.37. The first kappa shape index (κ1) is 13.7. The van der Waals surface area contributed by atoms with Gasteiger partial charge in [0.1, 0.15) is 0 Å². The molecule has 1 saturated carbocycles. The first-order valence-electron chi connectivity index (χ1n) is 5.60. The summed E-state index contributed by atoms with van der Waals surface area (Å²) in [6, 6.07) is 0.0830. The van der Waals surface area contributed by atoms with Crippen LogP contribution in [0, 0.1) is 0 Å². The van der Waals surface area contributed by atoms with E-state index in [0.29, 0.717) is 6.61 Å². The van der Waals surface area contributed by atoms with Gasteiger partial charge in [0.05, 0.1) is 19.0 Å². The maximum atomic E-state index is 11.0. The summed E-state index contributed by atoms with van der Waals surface area (Å²) in [6.07, 6.45) is 5.01. The summed E-state index contributed by atoms with van der Waals surface area (Å²) in [5.41, 5.74) is 1.02. The molecule has 1 aliphatic carbocycles. The lowest BCUT2D eigenvalue weighted by atomic mass is 9.94. The van der Waals surface area contributed by atoms with Crippen LogP contribution in [0.4, 0.5) is 0 Å². The van der Waals surface area contributed by atoms with Gasteiger partial charge in [-0.25, -0.2) is 13.1 Å². The molecule has 0 aromatic rings. The highest BCUT2D eigenvalue weighted by atomic mass is 32.2. The summed E-state index contributed by atoms with van der Waals surface area (Å²) < 4.78 is 30.4. The van der Waals surface area contributed by atoms with Crippen LogP contribution in [0.3, 0.4) is 0 Å². The van der Waals surface area contributed by atoms with E-state index in [1.807, 2.05) is 6.92 Å². The van der Waals surface area contributed by atoms with Gasteiger partial charge in [0.15, 0.2) is 0 Å². The molecule has 1 N–H and O–H groups in total. The number of hydrogen-bond acceptors (Lipinski definition) is 3. The number of sulfonamides is 1. The van der Waals surface area contributed by atoms with Crippen molar-refractivity contribution in [3.05, 3.63) is 12.2 Å². The molecule has 1 rings (SSSR count). The van der Waals surface area contributed by atoms with E-state index in [9.17, 15) is 8.42 Å². The first-order valence-corrected chi connectivity index (χ1v) is 7.49. The Hall–Kier alpha value is -0.390. The van der Waals surface area contributed by atoms with Gasteiger partial charge >= 0.3 is 0 Å². The van der Waals surface area contributed by atoms with Gasteiger partial charge in [-0.1, -0.05) is 12.2 Å². The third-order valence-electron chi connectivity index (χ3n) is 2.62. The molecule has 5 heteroatoms. The quantitative estimate of drug-likeness (QED) is 0.748. The molecule has 0 heterocycles. The fourth-order valence-corrected chi connectivity index (χ4v) is 2.75. The van der Waals surface area contributed by atoms with Gasteiger partial charge in [-0.05, 0) is 32.6 Å². The van der Waals surface area contributed by atoms with Gasteiger partial charge in [0.2, 0.25) is 10.0 Å². The highest BCUT2D eigenvalue weighted by Crippen LogP contribution is 2.21. The fraction of sp³-hybridized carbons (Fsp3) is 0.818. The fourth-order valence-electron chi connectivity index (χ4n) is 1.91. The van der Waals surface area contributed by atoms with Gasteiger partial charge in [-0.15, -0.1) is 0 Å². The Morgan fingerprint density at radius 3 is 2.38 bits per heavy atom. The summed E-state index contributed by atoms with van der Waals surface area (Å²) in [5.74, 6) is 0. The van der Waals surface area contributed by atoms with Crippen LogP contribution in [0.15, 0.2) is 12.2 Å². The van der Waals surface area contributed by atoms with Crippen molar-refractivity contribution in [2.45, 2.75) is 44.8 Å². The van der Waals surface area contributed by atoms with Crippen LogP contribution in [0.2, 0.25) is 0 Å². The maximum absolute atomic E-state index is 11.0. The molecule has 0 unspecified atom stereocenters. The zero-order chi connectivity index (χ0) is 12.2. The van der Waals surface area contributed by atoms with Gasteiger partial charge in [-0.3, -0.25) is 0 Å². The Kier molecular flexibility index (Phi) is 4.95. The zero-order valence-electron chi connectivity index (χ0n) is 10.0. The number of hydrogen-bond donors (Lipinski definition) is 1. The van der Waals surface area contributed by atoms with Crippen molar-refractivity contribution < 1.29 is 13.2 Å². The van der Waals surface area contributed by atoms with E-state index in [2.05, 4.69) is 11.3 Å². The normalized spacial score (nSPS) is 26.6. The van der Waals surface area contributed by atoms with E-state index in [-0.39, 0.29) is 12.1 Å². The van der Waals surface area contributed by atoms with Crippen LogP contribution >= 0.6 is 0 Å². The van der Waals surface area contributed by atoms with E-state index in [1.54, 1.807) is 0 Å². The molecule has 1 aliphatic rings. The topological polar surface area (TPSA) is 55.4 Å². The monoisotopic (exact) mass is 247 g/mol. The maximum Gasteiger partial charge on any atom is 0.208 e. The average Bonchev–Trinajstić information content (AvgIpc) is 2.14. The average molecular weight is 247 g/mol. The van der Waals surface area contributed by atoms with Crippen LogP contribution in [-0.4, -0.2) is 33.4 Å². The van der Waals surface area contributed by atoms with Crippen LogP contribution < -0.4 is 4.72 Å². The standard InChI is InChI=1S/C11H21NO3S/c1-9(2)8-15-11-6-4-10(5-7-11)12-16(3,13)14/h10-12H,1,4-8H2,2-3H3. The molecule has 0 atom stereocenters. The van der Waals surface area contributed by atoms with Crippen molar-refractivity contribution >= 4 is 10.0 Å². The largest absolute Gasteiger partial charge is 0.374 e. The Balaban J connectivity index is 2.26. The molecule has 0 saturated heterocycles. The molecule has 0 aromatic heterocycles. The van der Waals surface area contributed by atoms with E-state index in [1.165, 1.54) is 6.26 Å². The lowest BCUT2D eigenvalue weighted by molar-refractivity contribution is 0.0379. The molecule has 0 aromatic carbocycles. The summed E-state index contributed by atoms with van der Waals surface area (Å²) >= 11 is 0. The molecule has 0 bridgehead atoms. The second-order valence-electron chi connectivity index (χ2n) is 4.63. The molecular weight excluding hydrogens is 226 g/mol. The second kappa shape index (κ2) is 5.80. The number of ether oxygens (including phenoxy) is 1. The van der Waals surface area contributed by atoms with Gasteiger partial charge in [-0.2, -0.15) is 0 Å². The third kappa shape index (κ3) is 5.63. The van der Waals surface area contributed by atoms with Crippen molar-refractivity contribution in [1.29, 1.82) is 0 Å².